The minimum Gasteiger partial charge on any atom is -0.366 e. The Kier molecular flexibility index (Phi) is 2.99. The van der Waals surface area contributed by atoms with Crippen molar-refractivity contribution in [3.8, 4) is 0 Å². The average Bonchev–Trinajstić information content (AvgIpc) is 2.63. The van der Waals surface area contributed by atoms with E-state index >= 15 is 0 Å². The molecule has 1 fully saturated rings. The fraction of sp³-hybridized carbons (Fsp3) is 0.750. The maximum atomic E-state index is 3.51. The SMILES string of the molecule is BrC1NC(CN2CCCC2)=CS1. The molecular weight excluding hydrogens is 236 g/mol. The van der Waals surface area contributed by atoms with E-state index in [1.165, 1.54) is 31.6 Å². The minimum absolute atomic E-state index is 0.398. The number of nitrogens with zero attached hydrogens (tertiary/aromatic N) is 1. The molecule has 0 aliphatic carbocycles. The van der Waals surface area contributed by atoms with Crippen molar-refractivity contribution in [1.29, 1.82) is 0 Å². The lowest BCUT2D eigenvalue weighted by Crippen LogP contribution is -2.27. The molecule has 2 aliphatic rings. The maximum Gasteiger partial charge on any atom is 0.133 e. The third-order valence-electron chi connectivity index (χ3n) is 2.22. The van der Waals surface area contributed by atoms with E-state index in [0.717, 1.165) is 6.54 Å². The Morgan fingerprint density at radius 1 is 1.58 bits per heavy atom. The smallest absolute Gasteiger partial charge is 0.133 e. The van der Waals surface area contributed by atoms with Crippen LogP contribution in [0.4, 0.5) is 0 Å². The van der Waals surface area contributed by atoms with E-state index in [1.807, 2.05) is 0 Å². The first-order valence-electron chi connectivity index (χ1n) is 4.32. The van der Waals surface area contributed by atoms with Gasteiger partial charge in [-0.3, -0.25) is 4.90 Å². The molecule has 0 radical (unpaired) electrons. The Bertz CT molecular complexity index is 189. The molecule has 68 valence electrons. The number of hydrogen-bond donors (Lipinski definition) is 1. The summed E-state index contributed by atoms with van der Waals surface area (Å²) in [6, 6.07) is 0. The monoisotopic (exact) mass is 248 g/mol. The highest BCUT2D eigenvalue weighted by atomic mass is 79.9. The van der Waals surface area contributed by atoms with Crippen LogP contribution < -0.4 is 5.32 Å². The molecule has 0 aromatic rings. The topological polar surface area (TPSA) is 15.3 Å². The van der Waals surface area contributed by atoms with Crippen LogP contribution in [0, 0.1) is 0 Å². The molecule has 0 amide bonds. The molecule has 12 heavy (non-hydrogen) atoms. The number of hydrogen-bond acceptors (Lipinski definition) is 3. The number of rotatable bonds is 2. The molecule has 1 saturated heterocycles. The van der Waals surface area contributed by atoms with Gasteiger partial charge in [0, 0.05) is 12.2 Å². The zero-order valence-electron chi connectivity index (χ0n) is 6.92. The van der Waals surface area contributed by atoms with Crippen LogP contribution in [0.3, 0.4) is 0 Å². The van der Waals surface area contributed by atoms with Gasteiger partial charge < -0.3 is 5.32 Å². The lowest BCUT2D eigenvalue weighted by atomic mass is 10.4. The standard InChI is InChI=1S/C8H13BrN2S/c9-8-10-7(6-12-8)5-11-3-1-2-4-11/h6,8,10H,1-5H2. The molecular formula is C8H13BrN2S. The molecule has 2 nitrogen and oxygen atoms in total. The third-order valence-corrected chi connectivity index (χ3v) is 3.88. The lowest BCUT2D eigenvalue weighted by molar-refractivity contribution is 0.362. The molecule has 0 spiro atoms. The van der Waals surface area contributed by atoms with E-state index in [-0.39, 0.29) is 0 Å². The highest BCUT2D eigenvalue weighted by Gasteiger charge is 2.17. The van der Waals surface area contributed by atoms with E-state index in [4.69, 9.17) is 0 Å². The van der Waals surface area contributed by atoms with Crippen LogP contribution in [0.5, 0.6) is 0 Å². The van der Waals surface area contributed by atoms with Crippen molar-refractivity contribution in [3.05, 3.63) is 11.1 Å². The summed E-state index contributed by atoms with van der Waals surface area (Å²) in [5.41, 5.74) is 1.36. The molecule has 1 N–H and O–H groups in total. The van der Waals surface area contributed by atoms with Crippen molar-refractivity contribution in [1.82, 2.24) is 10.2 Å². The fourth-order valence-electron chi connectivity index (χ4n) is 1.62. The molecule has 0 aromatic carbocycles. The van der Waals surface area contributed by atoms with Crippen LogP contribution in [0.2, 0.25) is 0 Å². The van der Waals surface area contributed by atoms with Gasteiger partial charge in [-0.2, -0.15) is 0 Å². The highest BCUT2D eigenvalue weighted by Crippen LogP contribution is 2.25. The Morgan fingerprint density at radius 3 is 2.92 bits per heavy atom. The second-order valence-electron chi connectivity index (χ2n) is 3.22. The molecule has 1 unspecified atom stereocenters. The Balaban J connectivity index is 1.79. The quantitative estimate of drug-likeness (QED) is 0.594. The zero-order chi connectivity index (χ0) is 8.39. The van der Waals surface area contributed by atoms with Gasteiger partial charge in [-0.05, 0) is 31.3 Å². The van der Waals surface area contributed by atoms with E-state index in [9.17, 15) is 0 Å². The summed E-state index contributed by atoms with van der Waals surface area (Å²) in [6.07, 6.45) is 2.75. The maximum absolute atomic E-state index is 3.51. The van der Waals surface area contributed by atoms with Crippen LogP contribution in [0.25, 0.3) is 0 Å². The largest absolute Gasteiger partial charge is 0.366 e. The summed E-state index contributed by atoms with van der Waals surface area (Å²) in [5, 5.41) is 5.60. The van der Waals surface area contributed by atoms with Crippen molar-refractivity contribution < 1.29 is 0 Å². The van der Waals surface area contributed by atoms with Gasteiger partial charge in [-0.15, -0.1) is 0 Å². The van der Waals surface area contributed by atoms with Gasteiger partial charge in [0.15, 0.2) is 0 Å². The first kappa shape index (κ1) is 8.91. The van der Waals surface area contributed by atoms with Crippen LogP contribution in [0.15, 0.2) is 11.1 Å². The molecule has 0 saturated carbocycles. The third kappa shape index (κ3) is 2.18. The van der Waals surface area contributed by atoms with Crippen molar-refractivity contribution in [2.45, 2.75) is 17.1 Å². The Morgan fingerprint density at radius 2 is 2.33 bits per heavy atom. The van der Waals surface area contributed by atoms with Gasteiger partial charge in [-0.1, -0.05) is 27.7 Å². The molecule has 2 rings (SSSR count). The van der Waals surface area contributed by atoms with E-state index < -0.39 is 0 Å². The molecule has 0 aromatic heterocycles. The van der Waals surface area contributed by atoms with Gasteiger partial charge in [0.05, 0.1) is 0 Å². The summed E-state index contributed by atoms with van der Waals surface area (Å²) < 4.78 is 0.398. The normalized spacial score (nSPS) is 30.4. The molecule has 2 aliphatic heterocycles. The number of alkyl halides is 1. The molecule has 1 atom stereocenters. The summed E-state index contributed by atoms with van der Waals surface area (Å²) in [5.74, 6) is 0. The van der Waals surface area contributed by atoms with Crippen molar-refractivity contribution in [2.75, 3.05) is 19.6 Å². The Labute approximate surface area is 85.9 Å². The molecule has 0 bridgehead atoms. The van der Waals surface area contributed by atoms with Crippen molar-refractivity contribution in [3.63, 3.8) is 0 Å². The van der Waals surface area contributed by atoms with E-state index in [1.54, 1.807) is 11.8 Å². The molecule has 2 heterocycles. The fourth-order valence-corrected chi connectivity index (χ4v) is 2.88. The zero-order valence-corrected chi connectivity index (χ0v) is 9.33. The van der Waals surface area contributed by atoms with Crippen molar-refractivity contribution in [2.24, 2.45) is 0 Å². The van der Waals surface area contributed by atoms with E-state index in [2.05, 4.69) is 31.6 Å². The number of halogens is 1. The van der Waals surface area contributed by atoms with Gasteiger partial charge in [0.25, 0.3) is 0 Å². The number of nitrogens with one attached hydrogen (secondary N) is 1. The molecule has 4 heteroatoms. The lowest BCUT2D eigenvalue weighted by Gasteiger charge is -2.15. The predicted octanol–water partition coefficient (Wildman–Crippen LogP) is 1.94. The predicted molar refractivity (Wildman–Crippen MR) is 57.2 cm³/mol. The van der Waals surface area contributed by atoms with Crippen LogP contribution >= 0.6 is 27.7 Å². The summed E-state index contributed by atoms with van der Waals surface area (Å²) >= 11 is 5.31. The number of thioether (sulfide) groups is 1. The Hall–Kier alpha value is 0.330. The van der Waals surface area contributed by atoms with Gasteiger partial charge in [0.2, 0.25) is 0 Å². The highest BCUT2D eigenvalue weighted by molar-refractivity contribution is 9.11. The summed E-state index contributed by atoms with van der Waals surface area (Å²) in [7, 11) is 0. The van der Waals surface area contributed by atoms with Gasteiger partial charge in [0.1, 0.15) is 4.28 Å². The average molecular weight is 249 g/mol. The first-order chi connectivity index (χ1) is 5.84. The van der Waals surface area contributed by atoms with Crippen LogP contribution in [-0.4, -0.2) is 28.8 Å². The van der Waals surface area contributed by atoms with Crippen LogP contribution in [-0.2, 0) is 0 Å². The van der Waals surface area contributed by atoms with Gasteiger partial charge in [-0.25, -0.2) is 0 Å². The van der Waals surface area contributed by atoms with Gasteiger partial charge >= 0.3 is 0 Å². The summed E-state index contributed by atoms with van der Waals surface area (Å²) in [4.78, 5) is 2.50. The van der Waals surface area contributed by atoms with Crippen molar-refractivity contribution >= 4 is 27.7 Å². The second kappa shape index (κ2) is 4.03. The van der Waals surface area contributed by atoms with E-state index in [0.29, 0.717) is 4.28 Å². The second-order valence-corrected chi connectivity index (χ2v) is 5.72. The van der Waals surface area contributed by atoms with Crippen LogP contribution in [0.1, 0.15) is 12.8 Å². The number of likely N-dealkylation sites (tertiary alicyclic amines) is 1. The first-order valence-corrected chi connectivity index (χ1v) is 6.18. The summed E-state index contributed by atoms with van der Waals surface area (Å²) in [6.45, 7) is 3.66. The minimum atomic E-state index is 0.398.